The molecular weight excluding hydrogens is 401 g/mol. The molecule has 1 N–H and O–H groups in total. The van der Waals surface area contributed by atoms with Crippen LogP contribution in [0.2, 0.25) is 0 Å². The van der Waals surface area contributed by atoms with Crippen LogP contribution in [0.25, 0.3) is 0 Å². The largest absolute Gasteiger partial charge is 0.487 e. The maximum atomic E-state index is 15.1. The molecule has 0 bridgehead atoms. The van der Waals surface area contributed by atoms with Crippen LogP contribution >= 0.6 is 0 Å². The fourth-order valence-corrected chi connectivity index (χ4v) is 4.69. The number of ether oxygens (including phenoxy) is 2. The van der Waals surface area contributed by atoms with Crippen molar-refractivity contribution in [2.24, 2.45) is 0 Å². The number of fused-ring (bicyclic) bond motifs is 2. The summed E-state index contributed by atoms with van der Waals surface area (Å²) in [6.45, 7) is 3.63. The Morgan fingerprint density at radius 3 is 2.87 bits per heavy atom. The van der Waals surface area contributed by atoms with E-state index in [4.69, 9.17) is 14.5 Å². The summed E-state index contributed by atoms with van der Waals surface area (Å²) in [6.07, 6.45) is -1.18. The second kappa shape index (κ2) is 7.76. The number of likely N-dealkylation sites (N-methyl/N-ethyl adjacent to an activating group) is 1. The molecule has 1 saturated heterocycles. The number of benzene rings is 1. The predicted molar refractivity (Wildman–Crippen MR) is 112 cm³/mol. The van der Waals surface area contributed by atoms with E-state index in [1.54, 1.807) is 13.1 Å². The topological polar surface area (TPSA) is 75.1 Å². The van der Waals surface area contributed by atoms with Crippen LogP contribution in [0.15, 0.2) is 24.3 Å². The molecule has 1 aromatic carbocycles. The van der Waals surface area contributed by atoms with Crippen molar-refractivity contribution < 1.29 is 23.8 Å². The van der Waals surface area contributed by atoms with Crippen LogP contribution in [0, 0.1) is 6.92 Å². The normalized spacial score (nSPS) is 25.0. The highest BCUT2D eigenvalue weighted by Crippen LogP contribution is 2.35. The Bertz CT molecular complexity index is 1030. The molecule has 164 valence electrons. The number of anilines is 1. The lowest BCUT2D eigenvalue weighted by atomic mass is 10.0. The van der Waals surface area contributed by atoms with E-state index in [0.717, 1.165) is 16.7 Å². The van der Waals surface area contributed by atoms with Crippen LogP contribution in [0.4, 0.5) is 10.2 Å². The van der Waals surface area contributed by atoms with Crippen LogP contribution in [0.3, 0.4) is 0 Å². The minimum absolute atomic E-state index is 0.147. The standard InChI is InChI=1S/C23H26FN3O4/c1-13-7-17-21(19(10-28)26(2)23(17)29)25-22(13)27-6-5-20(18(24)9-27)31-16-4-3-14-11-30-12-15(14)8-16/h3-4,7-8,18-20,28H,5-6,9-12H2,1-2H3. The van der Waals surface area contributed by atoms with Crippen LogP contribution in [0.5, 0.6) is 5.75 Å². The molecule has 3 aliphatic heterocycles. The minimum atomic E-state index is -1.18. The molecule has 1 aromatic heterocycles. The predicted octanol–water partition coefficient (Wildman–Crippen LogP) is 2.54. The Kier molecular flexibility index (Phi) is 5.06. The van der Waals surface area contributed by atoms with Crippen molar-refractivity contribution in [1.82, 2.24) is 9.88 Å². The fraction of sp³-hybridized carbons (Fsp3) is 0.478. The molecule has 31 heavy (non-hydrogen) atoms. The summed E-state index contributed by atoms with van der Waals surface area (Å²) in [5.41, 5.74) is 4.15. The van der Waals surface area contributed by atoms with Crippen LogP contribution in [-0.2, 0) is 18.0 Å². The van der Waals surface area contributed by atoms with Gasteiger partial charge in [0.15, 0.2) is 6.17 Å². The molecule has 3 unspecified atom stereocenters. The average Bonchev–Trinajstić information content (AvgIpc) is 3.31. The van der Waals surface area contributed by atoms with Gasteiger partial charge in [0, 0.05) is 20.0 Å². The third-order valence-electron chi connectivity index (χ3n) is 6.48. The zero-order chi connectivity index (χ0) is 21.7. The van der Waals surface area contributed by atoms with Crippen molar-refractivity contribution in [3.8, 4) is 5.75 Å². The van der Waals surface area contributed by atoms with Crippen molar-refractivity contribution in [3.05, 3.63) is 52.2 Å². The van der Waals surface area contributed by atoms with E-state index in [1.165, 1.54) is 4.90 Å². The number of aromatic nitrogens is 1. The molecule has 0 radical (unpaired) electrons. The maximum Gasteiger partial charge on any atom is 0.256 e. The zero-order valence-electron chi connectivity index (χ0n) is 17.7. The first-order chi connectivity index (χ1) is 15.0. The van der Waals surface area contributed by atoms with Gasteiger partial charge in [0.05, 0.1) is 43.7 Å². The van der Waals surface area contributed by atoms with Gasteiger partial charge in [-0.1, -0.05) is 6.07 Å². The molecular formula is C23H26FN3O4. The van der Waals surface area contributed by atoms with Crippen LogP contribution in [-0.4, -0.2) is 59.9 Å². The zero-order valence-corrected chi connectivity index (χ0v) is 17.7. The number of pyridine rings is 1. The van der Waals surface area contributed by atoms with Gasteiger partial charge in [-0.2, -0.15) is 0 Å². The second-order valence-electron chi connectivity index (χ2n) is 8.51. The Labute approximate surface area is 180 Å². The molecule has 0 saturated carbocycles. The Morgan fingerprint density at radius 1 is 1.29 bits per heavy atom. The highest BCUT2D eigenvalue weighted by atomic mass is 19.1. The van der Waals surface area contributed by atoms with E-state index >= 15 is 4.39 Å². The summed E-state index contributed by atoms with van der Waals surface area (Å²) in [5.74, 6) is 1.19. The fourth-order valence-electron chi connectivity index (χ4n) is 4.69. The summed E-state index contributed by atoms with van der Waals surface area (Å²) >= 11 is 0. The summed E-state index contributed by atoms with van der Waals surface area (Å²) in [4.78, 5) is 20.5. The number of aliphatic hydroxyl groups is 1. The van der Waals surface area contributed by atoms with Crippen molar-refractivity contribution in [1.29, 1.82) is 0 Å². The molecule has 7 nitrogen and oxygen atoms in total. The number of aryl methyl sites for hydroxylation is 1. The SMILES string of the molecule is Cc1cc2c(nc1N1CCC(Oc3ccc4c(c3)COC4)C(F)C1)C(CO)N(C)C2=O. The minimum Gasteiger partial charge on any atom is -0.487 e. The number of nitrogens with zero attached hydrogens (tertiary/aromatic N) is 3. The Balaban J connectivity index is 1.32. The van der Waals surface area contributed by atoms with Gasteiger partial charge in [0.2, 0.25) is 0 Å². The molecule has 0 spiro atoms. The number of carbonyl (C=O) groups excluding carboxylic acids is 1. The number of hydrogen-bond acceptors (Lipinski definition) is 6. The molecule has 4 heterocycles. The average molecular weight is 427 g/mol. The molecule has 0 aliphatic carbocycles. The van der Waals surface area contributed by atoms with Crippen molar-refractivity contribution >= 4 is 11.7 Å². The molecule has 3 aliphatic rings. The molecule has 1 amide bonds. The molecule has 8 heteroatoms. The molecule has 5 rings (SSSR count). The van der Waals surface area contributed by atoms with Gasteiger partial charge in [-0.05, 0) is 41.8 Å². The summed E-state index contributed by atoms with van der Waals surface area (Å²) in [7, 11) is 1.66. The number of carbonyl (C=O) groups is 1. The van der Waals surface area contributed by atoms with Gasteiger partial charge in [0.1, 0.15) is 17.7 Å². The van der Waals surface area contributed by atoms with E-state index in [1.807, 2.05) is 30.0 Å². The summed E-state index contributed by atoms with van der Waals surface area (Å²) in [5, 5.41) is 9.71. The number of rotatable bonds is 4. The Hall–Kier alpha value is -2.71. The first-order valence-electron chi connectivity index (χ1n) is 10.6. The van der Waals surface area contributed by atoms with E-state index in [9.17, 15) is 9.90 Å². The number of piperidine rings is 1. The number of halogens is 1. The highest BCUT2D eigenvalue weighted by molar-refractivity contribution is 5.99. The van der Waals surface area contributed by atoms with Crippen LogP contribution in [0.1, 0.15) is 45.2 Å². The van der Waals surface area contributed by atoms with Gasteiger partial charge in [-0.3, -0.25) is 4.79 Å². The van der Waals surface area contributed by atoms with Gasteiger partial charge < -0.3 is 24.4 Å². The van der Waals surface area contributed by atoms with Gasteiger partial charge in [0.25, 0.3) is 5.91 Å². The Morgan fingerprint density at radius 2 is 2.10 bits per heavy atom. The first-order valence-corrected chi connectivity index (χ1v) is 10.6. The van der Waals surface area contributed by atoms with Crippen molar-refractivity contribution in [3.63, 3.8) is 0 Å². The van der Waals surface area contributed by atoms with Crippen molar-refractivity contribution in [2.45, 2.75) is 44.9 Å². The quantitative estimate of drug-likeness (QED) is 0.808. The second-order valence-corrected chi connectivity index (χ2v) is 8.51. The maximum absolute atomic E-state index is 15.1. The van der Waals surface area contributed by atoms with E-state index in [0.29, 0.717) is 49.0 Å². The third kappa shape index (κ3) is 3.43. The van der Waals surface area contributed by atoms with E-state index < -0.39 is 18.3 Å². The number of aliphatic hydroxyl groups excluding tert-OH is 1. The van der Waals surface area contributed by atoms with E-state index in [-0.39, 0.29) is 19.1 Å². The first kappa shape index (κ1) is 20.2. The van der Waals surface area contributed by atoms with Gasteiger partial charge >= 0.3 is 0 Å². The number of hydrogen-bond donors (Lipinski definition) is 1. The van der Waals surface area contributed by atoms with Crippen molar-refractivity contribution in [2.75, 3.05) is 31.6 Å². The molecule has 3 atom stereocenters. The molecule has 2 aromatic rings. The summed E-state index contributed by atoms with van der Waals surface area (Å²) in [6, 6.07) is 7.13. The number of alkyl halides is 1. The van der Waals surface area contributed by atoms with E-state index in [2.05, 4.69) is 0 Å². The summed E-state index contributed by atoms with van der Waals surface area (Å²) < 4.78 is 26.5. The van der Waals surface area contributed by atoms with Crippen LogP contribution < -0.4 is 9.64 Å². The lowest BCUT2D eigenvalue weighted by molar-refractivity contribution is 0.0714. The van der Waals surface area contributed by atoms with Gasteiger partial charge in [-0.15, -0.1) is 0 Å². The number of amides is 1. The third-order valence-corrected chi connectivity index (χ3v) is 6.48. The molecule has 1 fully saturated rings. The lowest BCUT2D eigenvalue weighted by Crippen LogP contribution is -2.47. The monoisotopic (exact) mass is 427 g/mol. The van der Waals surface area contributed by atoms with Gasteiger partial charge in [-0.25, -0.2) is 9.37 Å². The lowest BCUT2D eigenvalue weighted by Gasteiger charge is -2.36. The highest BCUT2D eigenvalue weighted by Gasteiger charge is 2.38. The smallest absolute Gasteiger partial charge is 0.256 e.